The number of rotatable bonds is 6. The molecule has 0 aliphatic carbocycles. The Kier molecular flexibility index (Phi) is 4.90. The molecular weight excluding hydrogens is 294 g/mol. The van der Waals surface area contributed by atoms with E-state index in [9.17, 15) is 4.79 Å². The highest BCUT2D eigenvalue weighted by Gasteiger charge is 2.22. The van der Waals surface area contributed by atoms with E-state index in [4.69, 9.17) is 10.5 Å². The maximum absolute atomic E-state index is 11.0. The number of aromatic amines is 1. The summed E-state index contributed by atoms with van der Waals surface area (Å²) in [5, 5.41) is 8.33. The van der Waals surface area contributed by atoms with Gasteiger partial charge in [0.1, 0.15) is 0 Å². The van der Waals surface area contributed by atoms with Gasteiger partial charge in [-0.25, -0.2) is 0 Å². The number of fused-ring (bicyclic) bond motifs is 1. The number of nitrogens with one attached hydrogen (secondary N) is 1. The number of aromatic nitrogens is 2. The molecule has 124 valence electrons. The third-order valence-electron chi connectivity index (χ3n) is 4.12. The van der Waals surface area contributed by atoms with Crippen molar-refractivity contribution in [3.8, 4) is 0 Å². The van der Waals surface area contributed by atoms with Gasteiger partial charge in [-0.15, -0.1) is 0 Å². The summed E-state index contributed by atoms with van der Waals surface area (Å²) >= 11 is 0. The van der Waals surface area contributed by atoms with E-state index in [-0.39, 0.29) is 18.6 Å². The van der Waals surface area contributed by atoms with Crippen LogP contribution in [0.1, 0.15) is 5.56 Å². The van der Waals surface area contributed by atoms with Crippen molar-refractivity contribution in [2.75, 3.05) is 39.8 Å². The summed E-state index contributed by atoms with van der Waals surface area (Å²) in [6.07, 6.45) is 1.94. The van der Waals surface area contributed by atoms with Crippen LogP contribution in [0.4, 0.5) is 0 Å². The number of para-hydroxylation sites is 1. The first-order valence-electron chi connectivity index (χ1n) is 7.83. The van der Waals surface area contributed by atoms with Crippen molar-refractivity contribution in [1.29, 1.82) is 0 Å². The number of primary amides is 1. The summed E-state index contributed by atoms with van der Waals surface area (Å²) in [6.45, 7) is 4.27. The molecule has 0 spiro atoms. The van der Waals surface area contributed by atoms with E-state index < -0.39 is 0 Å². The average Bonchev–Trinajstić information content (AvgIpc) is 2.96. The minimum atomic E-state index is -0.314. The molecule has 23 heavy (non-hydrogen) atoms. The van der Waals surface area contributed by atoms with Gasteiger partial charge in [0, 0.05) is 31.6 Å². The first-order chi connectivity index (χ1) is 11.1. The average molecular weight is 317 g/mol. The van der Waals surface area contributed by atoms with Crippen LogP contribution in [0.15, 0.2) is 24.4 Å². The molecule has 1 amide bonds. The molecule has 2 heterocycles. The molecule has 1 fully saturated rings. The zero-order valence-corrected chi connectivity index (χ0v) is 13.4. The Hall–Kier alpha value is -1.96. The van der Waals surface area contributed by atoms with E-state index in [1.165, 1.54) is 5.56 Å². The van der Waals surface area contributed by atoms with Crippen LogP contribution in [0.3, 0.4) is 0 Å². The van der Waals surface area contributed by atoms with E-state index in [1.54, 1.807) is 0 Å². The third-order valence-corrected chi connectivity index (χ3v) is 4.12. The fourth-order valence-corrected chi connectivity index (χ4v) is 3.12. The number of H-pyrrole nitrogens is 1. The molecule has 1 aromatic heterocycles. The number of amides is 1. The monoisotopic (exact) mass is 317 g/mol. The van der Waals surface area contributed by atoms with Crippen LogP contribution >= 0.6 is 0 Å². The molecular formula is C16H23N5O2. The smallest absolute Gasteiger partial charge is 0.231 e. The predicted molar refractivity (Wildman–Crippen MR) is 87.8 cm³/mol. The van der Waals surface area contributed by atoms with Crippen molar-refractivity contribution < 1.29 is 9.53 Å². The predicted octanol–water partition coefficient (Wildman–Crippen LogP) is 0.181. The second-order valence-corrected chi connectivity index (χ2v) is 6.14. The molecule has 7 heteroatoms. The fraction of sp³-hybridized carbons (Fsp3) is 0.500. The lowest BCUT2D eigenvalue weighted by Gasteiger charge is -2.34. The van der Waals surface area contributed by atoms with Gasteiger partial charge in [-0.1, -0.05) is 18.2 Å². The van der Waals surface area contributed by atoms with Crippen molar-refractivity contribution >= 4 is 16.8 Å². The van der Waals surface area contributed by atoms with Gasteiger partial charge in [-0.05, 0) is 12.6 Å². The summed E-state index contributed by atoms with van der Waals surface area (Å²) in [5.41, 5.74) is 7.57. The summed E-state index contributed by atoms with van der Waals surface area (Å²) in [4.78, 5) is 15.3. The van der Waals surface area contributed by atoms with Crippen LogP contribution < -0.4 is 5.73 Å². The molecule has 2 aromatic rings. The number of hydrogen-bond acceptors (Lipinski definition) is 5. The number of likely N-dealkylation sites (N-methyl/N-ethyl adjacent to an activating group) is 1. The SMILES string of the molecule is CN(CC(N)=O)C[C@@H]1CN(Cc2cccc3cn[nH]c23)CCO1. The van der Waals surface area contributed by atoms with Crippen LogP contribution in [0.2, 0.25) is 0 Å². The lowest BCUT2D eigenvalue weighted by molar-refractivity contribution is -0.119. The number of nitrogens with zero attached hydrogens (tertiary/aromatic N) is 3. The highest BCUT2D eigenvalue weighted by atomic mass is 16.5. The molecule has 1 atom stereocenters. The molecule has 3 rings (SSSR count). The summed E-state index contributed by atoms with van der Waals surface area (Å²) in [7, 11) is 1.89. The Morgan fingerprint density at radius 3 is 3.26 bits per heavy atom. The number of morpholine rings is 1. The molecule has 1 aromatic carbocycles. The largest absolute Gasteiger partial charge is 0.374 e. The Balaban J connectivity index is 1.60. The fourth-order valence-electron chi connectivity index (χ4n) is 3.12. The maximum Gasteiger partial charge on any atom is 0.231 e. The van der Waals surface area contributed by atoms with Crippen molar-refractivity contribution in [1.82, 2.24) is 20.0 Å². The lowest BCUT2D eigenvalue weighted by Crippen LogP contribution is -2.47. The van der Waals surface area contributed by atoms with Gasteiger partial charge in [0.25, 0.3) is 0 Å². The zero-order chi connectivity index (χ0) is 16.2. The summed E-state index contributed by atoms with van der Waals surface area (Å²) in [6, 6.07) is 6.25. The summed E-state index contributed by atoms with van der Waals surface area (Å²) in [5.74, 6) is -0.314. The molecule has 0 radical (unpaired) electrons. The van der Waals surface area contributed by atoms with Crippen LogP contribution in [0, 0.1) is 0 Å². The first kappa shape index (κ1) is 15.9. The van der Waals surface area contributed by atoms with Crippen molar-refractivity contribution in [3.63, 3.8) is 0 Å². The minimum absolute atomic E-state index is 0.0917. The Morgan fingerprint density at radius 1 is 1.57 bits per heavy atom. The number of carbonyl (C=O) groups excluding carboxylic acids is 1. The maximum atomic E-state index is 11.0. The van der Waals surface area contributed by atoms with Gasteiger partial charge in [-0.2, -0.15) is 5.10 Å². The number of carbonyl (C=O) groups is 1. The molecule has 1 aliphatic heterocycles. The molecule has 1 saturated heterocycles. The van der Waals surface area contributed by atoms with E-state index in [0.29, 0.717) is 13.2 Å². The van der Waals surface area contributed by atoms with E-state index in [0.717, 1.165) is 30.5 Å². The lowest BCUT2D eigenvalue weighted by atomic mass is 10.1. The highest BCUT2D eigenvalue weighted by molar-refractivity contribution is 5.81. The standard InChI is InChI=1S/C16H23N5O2/c1-20(11-15(17)22)9-14-10-21(5-6-23-14)8-13-4-2-3-12-7-18-19-16(12)13/h2-4,7,14H,5-6,8-11H2,1H3,(H2,17,22)(H,18,19)/t14-/m1/s1. The summed E-state index contributed by atoms with van der Waals surface area (Å²) < 4.78 is 5.81. The van der Waals surface area contributed by atoms with Crippen LogP contribution in [-0.4, -0.2) is 71.8 Å². The van der Waals surface area contributed by atoms with Crippen molar-refractivity contribution in [2.24, 2.45) is 5.73 Å². The number of nitrogens with two attached hydrogens (primary N) is 1. The third kappa shape index (κ3) is 4.07. The van der Waals surface area contributed by atoms with Crippen LogP contribution in [-0.2, 0) is 16.1 Å². The van der Waals surface area contributed by atoms with Gasteiger partial charge in [0.05, 0.1) is 31.0 Å². The molecule has 7 nitrogen and oxygen atoms in total. The molecule has 0 bridgehead atoms. The highest BCUT2D eigenvalue weighted by Crippen LogP contribution is 2.18. The normalized spacial score (nSPS) is 19.5. The Bertz CT molecular complexity index is 671. The van der Waals surface area contributed by atoms with Crippen molar-refractivity contribution in [3.05, 3.63) is 30.0 Å². The second kappa shape index (κ2) is 7.08. The van der Waals surface area contributed by atoms with Crippen LogP contribution in [0.25, 0.3) is 10.9 Å². The van der Waals surface area contributed by atoms with E-state index >= 15 is 0 Å². The molecule has 0 unspecified atom stereocenters. The first-order valence-corrected chi connectivity index (χ1v) is 7.83. The second-order valence-electron chi connectivity index (χ2n) is 6.14. The Morgan fingerprint density at radius 2 is 2.43 bits per heavy atom. The minimum Gasteiger partial charge on any atom is -0.374 e. The topological polar surface area (TPSA) is 87.5 Å². The molecule has 1 aliphatic rings. The van der Waals surface area contributed by atoms with Gasteiger partial charge < -0.3 is 10.5 Å². The number of hydrogen-bond donors (Lipinski definition) is 2. The van der Waals surface area contributed by atoms with Gasteiger partial charge in [0.2, 0.25) is 5.91 Å². The Labute approximate surface area is 135 Å². The van der Waals surface area contributed by atoms with Gasteiger partial charge in [0.15, 0.2) is 0 Å². The van der Waals surface area contributed by atoms with Gasteiger partial charge >= 0.3 is 0 Å². The quantitative estimate of drug-likeness (QED) is 0.794. The van der Waals surface area contributed by atoms with Gasteiger partial charge in [-0.3, -0.25) is 19.7 Å². The zero-order valence-electron chi connectivity index (χ0n) is 13.4. The van der Waals surface area contributed by atoms with E-state index in [2.05, 4.69) is 33.3 Å². The molecule has 0 saturated carbocycles. The van der Waals surface area contributed by atoms with E-state index in [1.807, 2.05) is 18.1 Å². The van der Waals surface area contributed by atoms with Crippen LogP contribution in [0.5, 0.6) is 0 Å². The number of benzene rings is 1. The number of ether oxygens (including phenoxy) is 1. The van der Waals surface area contributed by atoms with Crippen molar-refractivity contribution in [2.45, 2.75) is 12.6 Å². The molecule has 3 N–H and O–H groups in total.